The van der Waals surface area contributed by atoms with Crippen LogP contribution in [0.4, 0.5) is 11.4 Å². The second-order valence-electron chi connectivity index (χ2n) is 7.31. The predicted molar refractivity (Wildman–Crippen MR) is 115 cm³/mol. The molecule has 0 saturated carbocycles. The number of benzene rings is 1. The van der Waals surface area contributed by atoms with Crippen LogP contribution in [-0.4, -0.2) is 65.9 Å². The molecule has 0 aliphatic carbocycles. The average molecular weight is 462 g/mol. The van der Waals surface area contributed by atoms with Crippen LogP contribution in [0.2, 0.25) is 0 Å². The second-order valence-corrected chi connectivity index (χ2v) is 8.16. The number of carbonyl (C=O) groups excluding carboxylic acids is 1. The van der Waals surface area contributed by atoms with Gasteiger partial charge in [-0.05, 0) is 46.6 Å². The Morgan fingerprint density at radius 1 is 1.21 bits per heavy atom. The first kappa shape index (κ1) is 21.2. The third kappa shape index (κ3) is 4.91. The maximum Gasteiger partial charge on any atom is 0.283 e. The molecule has 1 fully saturated rings. The molecule has 0 spiro atoms. The SMILES string of the molecule is Cc1nc(C(=O)N(C)C)ccc1N1CCN(Cc2ccc(Br)c([N+](=O)[O-])c2)CC1. The number of pyridine rings is 1. The largest absolute Gasteiger partial charge is 0.368 e. The van der Waals surface area contributed by atoms with Gasteiger partial charge in [0.1, 0.15) is 5.69 Å². The number of aryl methyl sites for hydroxylation is 1. The van der Waals surface area contributed by atoms with Crippen molar-refractivity contribution in [1.82, 2.24) is 14.8 Å². The van der Waals surface area contributed by atoms with Crippen LogP contribution < -0.4 is 4.90 Å². The van der Waals surface area contributed by atoms with Crippen LogP contribution >= 0.6 is 15.9 Å². The highest BCUT2D eigenvalue weighted by molar-refractivity contribution is 9.10. The van der Waals surface area contributed by atoms with Gasteiger partial charge in [-0.15, -0.1) is 0 Å². The van der Waals surface area contributed by atoms with E-state index in [1.165, 1.54) is 4.90 Å². The maximum absolute atomic E-state index is 12.1. The van der Waals surface area contributed by atoms with Crippen molar-refractivity contribution in [2.24, 2.45) is 0 Å². The van der Waals surface area contributed by atoms with E-state index in [1.54, 1.807) is 32.3 Å². The van der Waals surface area contributed by atoms with Gasteiger partial charge in [0.15, 0.2) is 0 Å². The van der Waals surface area contributed by atoms with E-state index in [-0.39, 0.29) is 16.5 Å². The molecule has 9 heteroatoms. The number of hydrogen-bond acceptors (Lipinski definition) is 6. The normalized spacial score (nSPS) is 14.7. The molecule has 154 valence electrons. The maximum atomic E-state index is 12.1. The minimum Gasteiger partial charge on any atom is -0.368 e. The van der Waals surface area contributed by atoms with E-state index >= 15 is 0 Å². The number of anilines is 1. The molecule has 0 radical (unpaired) electrons. The van der Waals surface area contributed by atoms with Crippen molar-refractivity contribution in [2.75, 3.05) is 45.2 Å². The molecule has 0 N–H and O–H groups in total. The van der Waals surface area contributed by atoms with Gasteiger partial charge < -0.3 is 9.80 Å². The number of aromatic nitrogens is 1. The van der Waals surface area contributed by atoms with Gasteiger partial charge in [-0.25, -0.2) is 4.98 Å². The predicted octanol–water partition coefficient (Wildman–Crippen LogP) is 3.08. The third-order valence-electron chi connectivity index (χ3n) is 5.01. The van der Waals surface area contributed by atoms with Crippen LogP contribution in [0.5, 0.6) is 0 Å². The zero-order valence-electron chi connectivity index (χ0n) is 16.8. The fourth-order valence-corrected chi connectivity index (χ4v) is 3.83. The van der Waals surface area contributed by atoms with Crippen molar-refractivity contribution < 1.29 is 9.72 Å². The van der Waals surface area contributed by atoms with E-state index in [2.05, 4.69) is 30.7 Å². The van der Waals surface area contributed by atoms with E-state index in [0.29, 0.717) is 16.7 Å². The molecule has 1 aromatic heterocycles. The first-order valence-electron chi connectivity index (χ1n) is 9.35. The summed E-state index contributed by atoms with van der Waals surface area (Å²) in [6.07, 6.45) is 0. The third-order valence-corrected chi connectivity index (χ3v) is 5.68. The number of piperazine rings is 1. The fourth-order valence-electron chi connectivity index (χ4n) is 3.44. The summed E-state index contributed by atoms with van der Waals surface area (Å²) in [7, 11) is 3.43. The average Bonchev–Trinajstić information content (AvgIpc) is 2.69. The van der Waals surface area contributed by atoms with Gasteiger partial charge in [0.2, 0.25) is 0 Å². The summed E-state index contributed by atoms with van der Waals surface area (Å²) in [4.78, 5) is 33.4. The molecule has 1 aliphatic heterocycles. The summed E-state index contributed by atoms with van der Waals surface area (Å²) in [6.45, 7) is 5.97. The number of nitro groups is 1. The summed E-state index contributed by atoms with van der Waals surface area (Å²) in [5, 5.41) is 11.1. The summed E-state index contributed by atoms with van der Waals surface area (Å²) in [5.41, 5.74) is 3.36. The van der Waals surface area contributed by atoms with Crippen LogP contribution in [0.25, 0.3) is 0 Å². The quantitative estimate of drug-likeness (QED) is 0.502. The first-order chi connectivity index (χ1) is 13.8. The number of rotatable bonds is 5. The van der Waals surface area contributed by atoms with Crippen LogP contribution in [0.3, 0.4) is 0 Å². The van der Waals surface area contributed by atoms with Crippen molar-refractivity contribution in [2.45, 2.75) is 13.5 Å². The summed E-state index contributed by atoms with van der Waals surface area (Å²) in [6, 6.07) is 9.02. The molecule has 8 nitrogen and oxygen atoms in total. The molecule has 2 heterocycles. The molecule has 0 atom stereocenters. The first-order valence-corrected chi connectivity index (χ1v) is 10.1. The monoisotopic (exact) mass is 461 g/mol. The van der Waals surface area contributed by atoms with Gasteiger partial charge in [-0.1, -0.05) is 6.07 Å². The molecule has 1 aromatic carbocycles. The summed E-state index contributed by atoms with van der Waals surface area (Å²) < 4.78 is 0.496. The molecule has 29 heavy (non-hydrogen) atoms. The van der Waals surface area contributed by atoms with Crippen LogP contribution in [0.1, 0.15) is 21.7 Å². The van der Waals surface area contributed by atoms with Crippen LogP contribution in [0, 0.1) is 17.0 Å². The molecular weight excluding hydrogens is 438 g/mol. The molecule has 2 aromatic rings. The zero-order chi connectivity index (χ0) is 21.1. The van der Waals surface area contributed by atoms with Gasteiger partial charge in [-0.2, -0.15) is 0 Å². The van der Waals surface area contributed by atoms with E-state index in [0.717, 1.165) is 43.1 Å². The summed E-state index contributed by atoms with van der Waals surface area (Å²) >= 11 is 3.23. The highest BCUT2D eigenvalue weighted by atomic mass is 79.9. The van der Waals surface area contributed by atoms with Crippen molar-refractivity contribution >= 4 is 33.2 Å². The summed E-state index contributed by atoms with van der Waals surface area (Å²) in [5.74, 6) is -0.104. The lowest BCUT2D eigenvalue weighted by Gasteiger charge is -2.36. The minimum atomic E-state index is -0.369. The second kappa shape index (κ2) is 8.87. The van der Waals surface area contributed by atoms with Gasteiger partial charge in [0.05, 0.1) is 20.8 Å². The van der Waals surface area contributed by atoms with Gasteiger partial charge in [-0.3, -0.25) is 19.8 Å². The van der Waals surface area contributed by atoms with Crippen molar-refractivity contribution in [1.29, 1.82) is 0 Å². The van der Waals surface area contributed by atoms with Crippen LogP contribution in [0.15, 0.2) is 34.8 Å². The lowest BCUT2D eigenvalue weighted by atomic mass is 10.1. The Labute approximate surface area is 178 Å². The van der Waals surface area contributed by atoms with Crippen molar-refractivity contribution in [3.63, 3.8) is 0 Å². The van der Waals surface area contributed by atoms with E-state index in [1.807, 2.05) is 19.1 Å². The smallest absolute Gasteiger partial charge is 0.283 e. The molecule has 0 unspecified atom stereocenters. The highest BCUT2D eigenvalue weighted by Crippen LogP contribution is 2.27. The Morgan fingerprint density at radius 2 is 1.90 bits per heavy atom. The van der Waals surface area contributed by atoms with Gasteiger partial charge >= 0.3 is 0 Å². The number of amides is 1. The highest BCUT2D eigenvalue weighted by Gasteiger charge is 2.21. The lowest BCUT2D eigenvalue weighted by molar-refractivity contribution is -0.385. The minimum absolute atomic E-state index is 0.0928. The van der Waals surface area contributed by atoms with Crippen LogP contribution in [-0.2, 0) is 6.54 Å². The molecule has 1 aliphatic rings. The Hall–Kier alpha value is -2.52. The fraction of sp³-hybridized carbons (Fsp3) is 0.400. The lowest BCUT2D eigenvalue weighted by Crippen LogP contribution is -2.46. The molecular formula is C20H24BrN5O3. The number of nitrogens with zero attached hydrogens (tertiary/aromatic N) is 5. The molecule has 1 amide bonds. The topological polar surface area (TPSA) is 82.8 Å². The Balaban J connectivity index is 1.63. The number of carbonyl (C=O) groups is 1. The number of nitro benzene ring substituents is 1. The van der Waals surface area contributed by atoms with E-state index in [9.17, 15) is 14.9 Å². The number of halogens is 1. The Kier molecular flexibility index (Phi) is 6.49. The zero-order valence-corrected chi connectivity index (χ0v) is 18.3. The van der Waals surface area contributed by atoms with Gasteiger partial charge in [0.25, 0.3) is 11.6 Å². The standard InChI is InChI=1S/C20H24BrN5O3/c1-14-18(7-6-17(22-14)20(27)23(2)3)25-10-8-24(9-11-25)13-15-4-5-16(21)19(12-15)26(28)29/h4-7,12H,8-11,13H2,1-3H3. The van der Waals surface area contributed by atoms with Gasteiger partial charge in [0, 0.05) is 52.9 Å². The molecule has 1 saturated heterocycles. The van der Waals surface area contributed by atoms with Crippen molar-refractivity contribution in [3.8, 4) is 0 Å². The number of hydrogen-bond donors (Lipinski definition) is 0. The van der Waals surface area contributed by atoms with Crippen molar-refractivity contribution in [3.05, 3.63) is 61.9 Å². The molecule has 3 rings (SSSR count). The van der Waals surface area contributed by atoms with E-state index in [4.69, 9.17) is 0 Å². The van der Waals surface area contributed by atoms with E-state index < -0.39 is 0 Å². The molecule has 0 bridgehead atoms. The Morgan fingerprint density at radius 3 is 2.48 bits per heavy atom. The Bertz CT molecular complexity index is 926.